The predicted octanol–water partition coefficient (Wildman–Crippen LogP) is 2.53. The van der Waals surface area contributed by atoms with Gasteiger partial charge in [-0.1, -0.05) is 19.1 Å². The molecule has 1 saturated heterocycles. The van der Waals surface area contributed by atoms with Crippen molar-refractivity contribution < 1.29 is 13.6 Å². The van der Waals surface area contributed by atoms with E-state index in [2.05, 4.69) is 22.5 Å². The Labute approximate surface area is 140 Å². The number of rotatable bonds is 5. The standard InChI is InChI=1S/C18H22FN3O2/c1-12-8-9-20-10-15(12)22-17(23)6-7-18-21-11-16(24-18)13-4-2-3-5-14(13)19/h2-5,11-12,15,20H,6-10H2,1H3,(H,22,23). The van der Waals surface area contributed by atoms with Crippen molar-refractivity contribution >= 4 is 5.91 Å². The number of nitrogens with one attached hydrogen (secondary N) is 2. The van der Waals surface area contributed by atoms with Crippen LogP contribution in [-0.4, -0.2) is 30.0 Å². The number of piperidine rings is 1. The Morgan fingerprint density at radius 1 is 1.46 bits per heavy atom. The first-order chi connectivity index (χ1) is 11.6. The van der Waals surface area contributed by atoms with Crippen LogP contribution in [-0.2, 0) is 11.2 Å². The summed E-state index contributed by atoms with van der Waals surface area (Å²) in [7, 11) is 0. The molecule has 0 bridgehead atoms. The molecule has 1 aromatic carbocycles. The Balaban J connectivity index is 1.54. The van der Waals surface area contributed by atoms with Gasteiger partial charge in [-0.05, 0) is 31.0 Å². The number of oxazole rings is 1. The van der Waals surface area contributed by atoms with Crippen LogP contribution in [0.15, 0.2) is 34.9 Å². The molecule has 128 valence electrons. The molecule has 5 nitrogen and oxygen atoms in total. The van der Waals surface area contributed by atoms with Gasteiger partial charge in [-0.25, -0.2) is 9.37 Å². The predicted molar refractivity (Wildman–Crippen MR) is 88.8 cm³/mol. The third kappa shape index (κ3) is 4.00. The third-order valence-corrected chi connectivity index (χ3v) is 4.43. The number of carbonyl (C=O) groups excluding carboxylic acids is 1. The zero-order chi connectivity index (χ0) is 16.9. The number of benzene rings is 1. The number of amides is 1. The molecule has 24 heavy (non-hydrogen) atoms. The van der Waals surface area contributed by atoms with E-state index in [4.69, 9.17) is 4.42 Å². The fraction of sp³-hybridized carbons (Fsp3) is 0.444. The first-order valence-corrected chi connectivity index (χ1v) is 8.33. The molecule has 2 unspecified atom stereocenters. The molecule has 2 aromatic rings. The van der Waals surface area contributed by atoms with E-state index in [1.165, 1.54) is 12.3 Å². The third-order valence-electron chi connectivity index (χ3n) is 4.43. The van der Waals surface area contributed by atoms with Crippen LogP contribution in [0.25, 0.3) is 11.3 Å². The molecular weight excluding hydrogens is 309 g/mol. The topological polar surface area (TPSA) is 67.2 Å². The molecule has 6 heteroatoms. The molecule has 1 aliphatic heterocycles. The Kier molecular flexibility index (Phi) is 5.25. The molecule has 1 aromatic heterocycles. The lowest BCUT2D eigenvalue weighted by atomic mass is 9.95. The van der Waals surface area contributed by atoms with Crippen molar-refractivity contribution in [2.75, 3.05) is 13.1 Å². The van der Waals surface area contributed by atoms with Gasteiger partial charge in [-0.3, -0.25) is 4.79 Å². The van der Waals surface area contributed by atoms with Gasteiger partial charge in [0, 0.05) is 25.4 Å². The SMILES string of the molecule is CC1CCNCC1NC(=O)CCc1ncc(-c2ccccc2F)o1. The molecule has 2 N–H and O–H groups in total. The summed E-state index contributed by atoms with van der Waals surface area (Å²) in [6, 6.07) is 6.56. The summed E-state index contributed by atoms with van der Waals surface area (Å²) >= 11 is 0. The number of hydrogen-bond donors (Lipinski definition) is 2. The van der Waals surface area contributed by atoms with Crippen molar-refractivity contribution in [3.63, 3.8) is 0 Å². The minimum atomic E-state index is -0.350. The summed E-state index contributed by atoms with van der Waals surface area (Å²) in [5.41, 5.74) is 0.378. The van der Waals surface area contributed by atoms with E-state index < -0.39 is 0 Å². The minimum absolute atomic E-state index is 0.0128. The summed E-state index contributed by atoms with van der Waals surface area (Å²) in [4.78, 5) is 16.2. The molecule has 2 heterocycles. The molecular formula is C18H22FN3O2. The largest absolute Gasteiger partial charge is 0.441 e. The normalized spacial score (nSPS) is 20.8. The van der Waals surface area contributed by atoms with Gasteiger partial charge in [0.1, 0.15) is 5.82 Å². The van der Waals surface area contributed by atoms with Gasteiger partial charge >= 0.3 is 0 Å². The van der Waals surface area contributed by atoms with Crippen LogP contribution >= 0.6 is 0 Å². The highest BCUT2D eigenvalue weighted by molar-refractivity contribution is 5.76. The molecule has 0 radical (unpaired) electrons. The zero-order valence-corrected chi connectivity index (χ0v) is 13.7. The van der Waals surface area contributed by atoms with Gasteiger partial charge in [0.05, 0.1) is 11.8 Å². The molecule has 1 amide bonds. The maximum atomic E-state index is 13.7. The Morgan fingerprint density at radius 2 is 2.29 bits per heavy atom. The van der Waals surface area contributed by atoms with Crippen molar-refractivity contribution in [1.82, 2.24) is 15.6 Å². The average Bonchev–Trinajstić information content (AvgIpc) is 3.04. The van der Waals surface area contributed by atoms with Gasteiger partial charge in [0.2, 0.25) is 5.91 Å². The molecule has 0 saturated carbocycles. The minimum Gasteiger partial charge on any atom is -0.441 e. The number of hydrogen-bond acceptors (Lipinski definition) is 4. The smallest absolute Gasteiger partial charge is 0.220 e. The molecule has 1 fully saturated rings. The van der Waals surface area contributed by atoms with Crippen molar-refractivity contribution in [2.24, 2.45) is 5.92 Å². The van der Waals surface area contributed by atoms with E-state index in [0.29, 0.717) is 36.0 Å². The number of aryl methyl sites for hydroxylation is 1. The summed E-state index contributed by atoms with van der Waals surface area (Å²) < 4.78 is 19.3. The first-order valence-electron chi connectivity index (χ1n) is 8.33. The van der Waals surface area contributed by atoms with E-state index >= 15 is 0 Å². The summed E-state index contributed by atoms with van der Waals surface area (Å²) in [6.07, 6.45) is 3.27. The lowest BCUT2D eigenvalue weighted by molar-refractivity contribution is -0.122. The maximum Gasteiger partial charge on any atom is 0.220 e. The van der Waals surface area contributed by atoms with Gasteiger partial charge in [-0.15, -0.1) is 0 Å². The van der Waals surface area contributed by atoms with E-state index in [0.717, 1.165) is 19.5 Å². The second-order valence-corrected chi connectivity index (χ2v) is 6.24. The van der Waals surface area contributed by atoms with E-state index in [1.807, 2.05) is 0 Å². The van der Waals surface area contributed by atoms with E-state index in [-0.39, 0.29) is 17.8 Å². The highest BCUT2D eigenvalue weighted by Gasteiger charge is 2.22. The quantitative estimate of drug-likeness (QED) is 0.883. The van der Waals surface area contributed by atoms with Gasteiger partial charge in [0.15, 0.2) is 11.7 Å². The Bertz CT molecular complexity index is 701. The fourth-order valence-electron chi connectivity index (χ4n) is 2.89. The maximum absolute atomic E-state index is 13.7. The molecule has 1 aliphatic rings. The van der Waals surface area contributed by atoms with Crippen LogP contribution in [0.5, 0.6) is 0 Å². The molecule has 0 aliphatic carbocycles. The second-order valence-electron chi connectivity index (χ2n) is 6.24. The Hall–Kier alpha value is -2.21. The van der Waals surface area contributed by atoms with Crippen molar-refractivity contribution in [3.8, 4) is 11.3 Å². The number of nitrogens with zero attached hydrogens (tertiary/aromatic N) is 1. The van der Waals surface area contributed by atoms with Crippen LogP contribution in [0.2, 0.25) is 0 Å². The monoisotopic (exact) mass is 331 g/mol. The van der Waals surface area contributed by atoms with Crippen LogP contribution in [0, 0.1) is 11.7 Å². The molecule has 0 spiro atoms. The highest BCUT2D eigenvalue weighted by Crippen LogP contribution is 2.23. The van der Waals surface area contributed by atoms with E-state index in [9.17, 15) is 9.18 Å². The van der Waals surface area contributed by atoms with Crippen molar-refractivity contribution in [3.05, 3.63) is 42.2 Å². The lowest BCUT2D eigenvalue weighted by Gasteiger charge is -2.30. The summed E-state index contributed by atoms with van der Waals surface area (Å²) in [5, 5.41) is 6.35. The number of aromatic nitrogens is 1. The lowest BCUT2D eigenvalue weighted by Crippen LogP contribution is -2.50. The highest BCUT2D eigenvalue weighted by atomic mass is 19.1. The number of halogens is 1. The zero-order valence-electron chi connectivity index (χ0n) is 13.7. The van der Waals surface area contributed by atoms with Gasteiger partial charge in [0.25, 0.3) is 0 Å². The van der Waals surface area contributed by atoms with Crippen molar-refractivity contribution in [1.29, 1.82) is 0 Å². The number of carbonyl (C=O) groups is 1. The van der Waals surface area contributed by atoms with Gasteiger partial charge < -0.3 is 15.1 Å². The fourth-order valence-corrected chi connectivity index (χ4v) is 2.89. The second kappa shape index (κ2) is 7.57. The van der Waals surface area contributed by atoms with Crippen LogP contribution in [0.1, 0.15) is 25.7 Å². The van der Waals surface area contributed by atoms with E-state index in [1.54, 1.807) is 18.2 Å². The van der Waals surface area contributed by atoms with Crippen molar-refractivity contribution in [2.45, 2.75) is 32.2 Å². The summed E-state index contributed by atoms with van der Waals surface area (Å²) in [5.74, 6) is 0.939. The van der Waals surface area contributed by atoms with Crippen LogP contribution < -0.4 is 10.6 Å². The average molecular weight is 331 g/mol. The summed E-state index contributed by atoms with van der Waals surface area (Å²) in [6.45, 7) is 3.96. The molecule has 3 rings (SSSR count). The van der Waals surface area contributed by atoms with Gasteiger partial charge in [-0.2, -0.15) is 0 Å². The van der Waals surface area contributed by atoms with Crippen LogP contribution in [0.4, 0.5) is 4.39 Å². The first kappa shape index (κ1) is 16.6. The molecule has 2 atom stereocenters. The van der Waals surface area contributed by atoms with Crippen LogP contribution in [0.3, 0.4) is 0 Å². The Morgan fingerprint density at radius 3 is 3.08 bits per heavy atom.